The molecule has 0 amide bonds. The molecule has 0 saturated carbocycles. The molecule has 0 saturated heterocycles. The monoisotopic (exact) mass is 534 g/mol. The molecular weight excluding hydrogens is 512 g/mol. The Hall–Kier alpha value is -6.10. The van der Waals surface area contributed by atoms with E-state index in [2.05, 4.69) is 112 Å². The lowest BCUT2D eigenvalue weighted by Crippen LogP contribution is -2.01. The van der Waals surface area contributed by atoms with Crippen molar-refractivity contribution in [3.63, 3.8) is 0 Å². The Labute approximate surface area is 242 Å². The maximum Gasteiger partial charge on any atom is 0.0998 e. The van der Waals surface area contributed by atoms with E-state index < -0.39 is 0 Å². The first-order valence-corrected chi connectivity index (χ1v) is 13.8. The van der Waals surface area contributed by atoms with Gasteiger partial charge in [0.25, 0.3) is 0 Å². The van der Waals surface area contributed by atoms with Crippen molar-refractivity contribution in [2.24, 2.45) is 0 Å². The third kappa shape index (κ3) is 3.40. The van der Waals surface area contributed by atoms with E-state index in [0.29, 0.717) is 11.1 Å². The van der Waals surface area contributed by atoms with Crippen LogP contribution in [0, 0.1) is 22.7 Å². The molecule has 0 atom stereocenters. The molecule has 8 aromatic rings. The van der Waals surface area contributed by atoms with Crippen molar-refractivity contribution in [3.05, 3.63) is 145 Å². The molecule has 0 N–H and O–H groups in total. The minimum absolute atomic E-state index is 0.563. The Balaban J connectivity index is 1.46. The average molecular weight is 535 g/mol. The van der Waals surface area contributed by atoms with Gasteiger partial charge < -0.3 is 9.13 Å². The summed E-state index contributed by atoms with van der Waals surface area (Å²) in [7, 11) is 0. The van der Waals surface area contributed by atoms with Gasteiger partial charge in [-0.1, -0.05) is 78.9 Å². The third-order valence-corrected chi connectivity index (χ3v) is 8.20. The predicted octanol–water partition coefficient (Wildman–Crippen LogP) is 9.29. The fraction of sp³-hybridized carbons (Fsp3) is 0. The molecule has 8 rings (SSSR count). The lowest BCUT2D eigenvalue weighted by molar-refractivity contribution is 1.17. The summed E-state index contributed by atoms with van der Waals surface area (Å²) in [5, 5.41) is 24.8. The van der Waals surface area contributed by atoms with E-state index in [9.17, 15) is 10.5 Å². The summed E-state index contributed by atoms with van der Waals surface area (Å²) < 4.78 is 4.48. The van der Waals surface area contributed by atoms with Crippen LogP contribution in [0.3, 0.4) is 0 Å². The van der Waals surface area contributed by atoms with Crippen molar-refractivity contribution in [2.45, 2.75) is 0 Å². The second kappa shape index (κ2) is 9.24. The summed E-state index contributed by atoms with van der Waals surface area (Å²) in [5.41, 5.74) is 8.99. The molecule has 0 aliphatic heterocycles. The second-order valence-electron chi connectivity index (χ2n) is 10.4. The molecule has 0 spiro atoms. The summed E-state index contributed by atoms with van der Waals surface area (Å²) in [6.07, 6.45) is 0. The fourth-order valence-corrected chi connectivity index (χ4v) is 6.39. The zero-order chi connectivity index (χ0) is 28.2. The van der Waals surface area contributed by atoms with Crippen LogP contribution in [0.2, 0.25) is 0 Å². The summed E-state index contributed by atoms with van der Waals surface area (Å²) in [5.74, 6) is 0. The van der Waals surface area contributed by atoms with E-state index in [1.807, 2.05) is 42.5 Å². The van der Waals surface area contributed by atoms with Gasteiger partial charge in [-0.05, 0) is 54.6 Å². The predicted molar refractivity (Wildman–Crippen MR) is 170 cm³/mol. The highest BCUT2D eigenvalue weighted by molar-refractivity contribution is 6.10. The van der Waals surface area contributed by atoms with Crippen LogP contribution in [0.5, 0.6) is 0 Å². The van der Waals surface area contributed by atoms with Gasteiger partial charge in [-0.3, -0.25) is 0 Å². The third-order valence-electron chi connectivity index (χ3n) is 8.20. The van der Waals surface area contributed by atoms with Crippen LogP contribution in [0.25, 0.3) is 66.1 Å². The number of aromatic nitrogens is 2. The first-order chi connectivity index (χ1) is 20.8. The highest BCUT2D eigenvalue weighted by Gasteiger charge is 2.19. The lowest BCUT2D eigenvalue weighted by Gasteiger charge is -2.17. The van der Waals surface area contributed by atoms with Crippen LogP contribution in [-0.4, -0.2) is 9.13 Å². The van der Waals surface area contributed by atoms with Crippen LogP contribution in [0.1, 0.15) is 11.1 Å². The number of para-hydroxylation sites is 4. The maximum absolute atomic E-state index is 10.3. The number of fused-ring (bicyclic) bond motifs is 6. The van der Waals surface area contributed by atoms with Crippen LogP contribution in [0.15, 0.2) is 133 Å². The van der Waals surface area contributed by atoms with Crippen molar-refractivity contribution in [2.75, 3.05) is 0 Å². The van der Waals surface area contributed by atoms with Gasteiger partial charge in [0.1, 0.15) is 0 Å². The van der Waals surface area contributed by atoms with Crippen molar-refractivity contribution in [1.82, 2.24) is 9.13 Å². The number of hydrogen-bond donors (Lipinski definition) is 0. The smallest absolute Gasteiger partial charge is 0.0998 e. The largest absolute Gasteiger partial charge is 0.309 e. The summed E-state index contributed by atoms with van der Waals surface area (Å²) in [4.78, 5) is 0. The molecule has 0 radical (unpaired) electrons. The Kier molecular flexibility index (Phi) is 5.22. The van der Waals surface area contributed by atoms with Crippen molar-refractivity contribution < 1.29 is 0 Å². The molecule has 194 valence electrons. The van der Waals surface area contributed by atoms with Crippen LogP contribution in [-0.2, 0) is 0 Å². The summed E-state index contributed by atoms with van der Waals surface area (Å²) >= 11 is 0. The molecule has 0 unspecified atom stereocenters. The fourth-order valence-electron chi connectivity index (χ4n) is 6.39. The zero-order valence-electron chi connectivity index (χ0n) is 22.5. The normalized spacial score (nSPS) is 11.3. The molecule has 0 fully saturated rings. The maximum atomic E-state index is 10.3. The molecule has 0 aliphatic carbocycles. The number of benzene rings is 6. The number of nitrogens with zero attached hydrogens (tertiary/aromatic N) is 4. The Morgan fingerprint density at radius 1 is 0.429 bits per heavy atom. The summed E-state index contributed by atoms with van der Waals surface area (Å²) in [6, 6.07) is 50.0. The van der Waals surface area contributed by atoms with E-state index in [0.717, 1.165) is 55.3 Å². The molecule has 6 aromatic carbocycles. The molecule has 4 nitrogen and oxygen atoms in total. The van der Waals surface area contributed by atoms with E-state index in [4.69, 9.17) is 0 Å². The van der Waals surface area contributed by atoms with Gasteiger partial charge in [0.15, 0.2) is 0 Å². The van der Waals surface area contributed by atoms with Crippen molar-refractivity contribution >= 4 is 43.6 Å². The highest BCUT2D eigenvalue weighted by atomic mass is 15.0. The van der Waals surface area contributed by atoms with Gasteiger partial charge in [0, 0.05) is 38.4 Å². The molecule has 2 heterocycles. The summed E-state index contributed by atoms with van der Waals surface area (Å²) in [6.45, 7) is 0. The van der Waals surface area contributed by atoms with Crippen LogP contribution in [0.4, 0.5) is 0 Å². The van der Waals surface area contributed by atoms with E-state index in [-0.39, 0.29) is 0 Å². The van der Waals surface area contributed by atoms with E-state index >= 15 is 0 Å². The molecule has 42 heavy (non-hydrogen) atoms. The van der Waals surface area contributed by atoms with Crippen LogP contribution >= 0.6 is 0 Å². The first kappa shape index (κ1) is 23.8. The molecule has 0 bridgehead atoms. The van der Waals surface area contributed by atoms with Gasteiger partial charge in [0.05, 0.1) is 51.0 Å². The lowest BCUT2D eigenvalue weighted by atomic mass is 9.96. The highest BCUT2D eigenvalue weighted by Crippen LogP contribution is 2.39. The standard InChI is InChI=1S/C38H22N4/c39-23-25-17-20-32(38(21-25)42-36-15-7-3-11-30(36)31-12-4-8-16-37(31)42)33-22-27(19-18-26(33)24-40)41-34-13-5-1-9-28(34)29-10-2-6-14-35(29)41/h1-22H. The quantitative estimate of drug-likeness (QED) is 0.227. The van der Waals surface area contributed by atoms with Gasteiger partial charge in [-0.25, -0.2) is 0 Å². The van der Waals surface area contributed by atoms with Gasteiger partial charge in [0.2, 0.25) is 0 Å². The average Bonchev–Trinajstić information content (AvgIpc) is 3.57. The Bertz CT molecular complexity index is 2340. The number of hydrogen-bond acceptors (Lipinski definition) is 2. The molecular formula is C38H22N4. The van der Waals surface area contributed by atoms with Gasteiger partial charge in [-0.15, -0.1) is 0 Å². The first-order valence-electron chi connectivity index (χ1n) is 13.8. The van der Waals surface area contributed by atoms with Crippen molar-refractivity contribution in [3.8, 4) is 34.6 Å². The van der Waals surface area contributed by atoms with Crippen LogP contribution < -0.4 is 0 Å². The van der Waals surface area contributed by atoms with E-state index in [1.54, 1.807) is 0 Å². The minimum atomic E-state index is 0.563. The molecule has 4 heteroatoms. The number of rotatable bonds is 3. The number of nitriles is 2. The molecule has 2 aromatic heterocycles. The minimum Gasteiger partial charge on any atom is -0.309 e. The van der Waals surface area contributed by atoms with E-state index in [1.165, 1.54) is 10.8 Å². The second-order valence-corrected chi connectivity index (χ2v) is 10.4. The topological polar surface area (TPSA) is 57.4 Å². The Morgan fingerprint density at radius 2 is 0.929 bits per heavy atom. The SMILES string of the molecule is N#Cc1ccc(-c2cc(-n3c4ccccc4c4ccccc43)ccc2C#N)c(-n2c3ccccc3c3ccccc32)c1. The molecule has 0 aliphatic rings. The Morgan fingerprint density at radius 3 is 1.43 bits per heavy atom. The van der Waals surface area contributed by atoms with Gasteiger partial charge >= 0.3 is 0 Å². The van der Waals surface area contributed by atoms with Gasteiger partial charge in [-0.2, -0.15) is 10.5 Å². The van der Waals surface area contributed by atoms with Crippen molar-refractivity contribution in [1.29, 1.82) is 10.5 Å². The zero-order valence-corrected chi connectivity index (χ0v) is 22.5.